The summed E-state index contributed by atoms with van der Waals surface area (Å²) in [7, 11) is -0.851. The second kappa shape index (κ2) is 8.86. The minimum absolute atomic E-state index is 0.353. The Hall–Kier alpha value is -0.900. The molecule has 1 aromatic carbocycles. The molecular weight excluding hydrogens is 403 g/mol. The van der Waals surface area contributed by atoms with Crippen molar-refractivity contribution in [2.24, 2.45) is 11.1 Å². The maximum Gasteiger partial charge on any atom is 0.394 e. The molecule has 146 valence electrons. The normalized spacial score (nSPS) is 28.7. The van der Waals surface area contributed by atoms with Gasteiger partial charge in [0.25, 0.3) is 0 Å². The van der Waals surface area contributed by atoms with Crippen molar-refractivity contribution >= 4 is 39.8 Å². The van der Waals surface area contributed by atoms with Crippen LogP contribution in [0.4, 0.5) is 0 Å². The Bertz CT molecular complexity index is 751. The van der Waals surface area contributed by atoms with E-state index in [1.54, 1.807) is 7.11 Å². The minimum atomic E-state index is -4.67. The fraction of sp³-hybridized carbons (Fsp3) is 0.562. The van der Waals surface area contributed by atoms with Gasteiger partial charge in [0.05, 0.1) is 10.0 Å². The van der Waals surface area contributed by atoms with Crippen molar-refractivity contribution in [1.29, 1.82) is 0 Å². The summed E-state index contributed by atoms with van der Waals surface area (Å²) in [5.41, 5.74) is 1.25. The van der Waals surface area contributed by atoms with Crippen LogP contribution in [-0.4, -0.2) is 54.9 Å². The van der Waals surface area contributed by atoms with Crippen molar-refractivity contribution in [2.45, 2.75) is 37.3 Å². The molecular formula is C16H22Cl2N2O5S. The average molecular weight is 425 g/mol. The summed E-state index contributed by atoms with van der Waals surface area (Å²) >= 11 is 12.2. The first-order valence-electron chi connectivity index (χ1n) is 8.05. The second-order valence-corrected chi connectivity index (χ2v) is 8.15. The van der Waals surface area contributed by atoms with E-state index < -0.39 is 10.4 Å². The molecule has 2 heterocycles. The first-order chi connectivity index (χ1) is 12.1. The highest BCUT2D eigenvalue weighted by Gasteiger charge is 2.45. The number of halogens is 2. The molecule has 0 radical (unpaired) electrons. The van der Waals surface area contributed by atoms with Crippen LogP contribution < -0.4 is 0 Å². The number of piperidine rings is 1. The van der Waals surface area contributed by atoms with E-state index in [4.69, 9.17) is 45.6 Å². The summed E-state index contributed by atoms with van der Waals surface area (Å²) in [5, 5.41) is 5.29. The van der Waals surface area contributed by atoms with E-state index in [0.29, 0.717) is 34.0 Å². The Morgan fingerprint density at radius 1 is 1.27 bits per heavy atom. The van der Waals surface area contributed by atoms with Crippen LogP contribution in [0, 0.1) is 5.92 Å². The lowest BCUT2D eigenvalue weighted by Gasteiger charge is -2.41. The fourth-order valence-electron chi connectivity index (χ4n) is 3.94. The summed E-state index contributed by atoms with van der Waals surface area (Å²) in [6.07, 6.45) is 5.58. The Labute approximate surface area is 163 Å². The number of rotatable bonds is 3. The van der Waals surface area contributed by atoms with Crippen molar-refractivity contribution < 1.29 is 22.4 Å². The van der Waals surface area contributed by atoms with E-state index in [1.807, 2.05) is 18.3 Å². The SMILES string of the molecule is CO/N=C/C1C(c2ccc(Cl)c(Cl)c2)CC2CCC1N2C.O=S(=O)(O)O. The number of hydrogen-bond donors (Lipinski definition) is 2. The molecule has 2 N–H and O–H groups in total. The van der Waals surface area contributed by atoms with Crippen molar-refractivity contribution in [2.75, 3.05) is 14.2 Å². The Morgan fingerprint density at radius 3 is 2.50 bits per heavy atom. The monoisotopic (exact) mass is 424 g/mol. The molecule has 2 aliphatic heterocycles. The number of benzene rings is 1. The molecule has 0 saturated carbocycles. The zero-order valence-electron chi connectivity index (χ0n) is 14.4. The Balaban J connectivity index is 0.000000431. The third-order valence-electron chi connectivity index (χ3n) is 5.04. The van der Waals surface area contributed by atoms with Crippen LogP contribution in [-0.2, 0) is 15.2 Å². The lowest BCUT2D eigenvalue weighted by molar-refractivity contribution is 0.131. The van der Waals surface area contributed by atoms with Gasteiger partial charge in [0.2, 0.25) is 0 Å². The molecule has 2 aliphatic rings. The van der Waals surface area contributed by atoms with Crippen LogP contribution in [0.2, 0.25) is 10.0 Å². The molecule has 0 spiro atoms. The second-order valence-electron chi connectivity index (χ2n) is 6.44. The molecule has 26 heavy (non-hydrogen) atoms. The first kappa shape index (κ1) is 21.4. The lowest BCUT2D eigenvalue weighted by Crippen LogP contribution is -2.46. The number of fused-ring (bicyclic) bond motifs is 2. The van der Waals surface area contributed by atoms with Gasteiger partial charge in [0.15, 0.2) is 0 Å². The van der Waals surface area contributed by atoms with Crippen LogP contribution in [0.15, 0.2) is 23.4 Å². The van der Waals surface area contributed by atoms with Gasteiger partial charge in [-0.3, -0.25) is 14.0 Å². The highest BCUT2D eigenvalue weighted by molar-refractivity contribution is 7.79. The van der Waals surface area contributed by atoms with Gasteiger partial charge in [-0.05, 0) is 49.9 Å². The summed E-state index contributed by atoms with van der Waals surface area (Å²) in [6.45, 7) is 0. The molecule has 3 rings (SSSR count). The molecule has 10 heteroatoms. The molecule has 4 atom stereocenters. The molecule has 2 fully saturated rings. The van der Waals surface area contributed by atoms with Gasteiger partial charge < -0.3 is 4.84 Å². The van der Waals surface area contributed by atoms with Crippen molar-refractivity contribution in [1.82, 2.24) is 4.90 Å². The van der Waals surface area contributed by atoms with Crippen LogP contribution in [0.25, 0.3) is 0 Å². The van der Waals surface area contributed by atoms with E-state index in [0.717, 1.165) is 6.42 Å². The molecule has 4 unspecified atom stereocenters. The highest BCUT2D eigenvalue weighted by atomic mass is 35.5. The van der Waals surface area contributed by atoms with Crippen LogP contribution in [0.1, 0.15) is 30.7 Å². The van der Waals surface area contributed by atoms with E-state index in [2.05, 4.69) is 23.2 Å². The number of nitrogens with zero attached hydrogens (tertiary/aromatic N) is 2. The van der Waals surface area contributed by atoms with Gasteiger partial charge >= 0.3 is 10.4 Å². The number of oxime groups is 1. The quantitative estimate of drug-likeness (QED) is 0.437. The molecule has 1 aromatic rings. The predicted molar refractivity (Wildman–Crippen MR) is 102 cm³/mol. The van der Waals surface area contributed by atoms with Crippen molar-refractivity contribution in [3.63, 3.8) is 0 Å². The van der Waals surface area contributed by atoms with E-state index >= 15 is 0 Å². The van der Waals surface area contributed by atoms with Crippen LogP contribution in [0.3, 0.4) is 0 Å². The Morgan fingerprint density at radius 2 is 1.92 bits per heavy atom. The van der Waals surface area contributed by atoms with Crippen LogP contribution >= 0.6 is 23.2 Å². The van der Waals surface area contributed by atoms with Gasteiger partial charge in [0, 0.05) is 24.2 Å². The smallest absolute Gasteiger partial charge is 0.394 e. The maximum absolute atomic E-state index is 8.74. The molecule has 0 aromatic heterocycles. The molecule has 0 aliphatic carbocycles. The number of hydrogen-bond acceptors (Lipinski definition) is 5. The summed E-state index contributed by atoms with van der Waals surface area (Å²) in [5.74, 6) is 0.776. The van der Waals surface area contributed by atoms with Gasteiger partial charge in [-0.2, -0.15) is 8.42 Å². The van der Waals surface area contributed by atoms with Gasteiger partial charge in [-0.15, -0.1) is 0 Å². The fourth-order valence-corrected chi connectivity index (χ4v) is 4.25. The van der Waals surface area contributed by atoms with E-state index in [-0.39, 0.29) is 0 Å². The van der Waals surface area contributed by atoms with Crippen molar-refractivity contribution in [3.05, 3.63) is 33.8 Å². The maximum atomic E-state index is 8.74. The van der Waals surface area contributed by atoms with E-state index in [1.165, 1.54) is 18.4 Å². The predicted octanol–water partition coefficient (Wildman–Crippen LogP) is 3.54. The van der Waals surface area contributed by atoms with E-state index in [9.17, 15) is 0 Å². The van der Waals surface area contributed by atoms with Gasteiger partial charge in [-0.25, -0.2) is 0 Å². The molecule has 2 bridgehead atoms. The van der Waals surface area contributed by atoms with Crippen molar-refractivity contribution in [3.8, 4) is 0 Å². The summed E-state index contributed by atoms with van der Waals surface area (Å²) in [6, 6.07) is 7.18. The van der Waals surface area contributed by atoms with Crippen LogP contribution in [0.5, 0.6) is 0 Å². The largest absolute Gasteiger partial charge is 0.399 e. The van der Waals surface area contributed by atoms with Gasteiger partial charge in [-0.1, -0.05) is 34.4 Å². The summed E-state index contributed by atoms with van der Waals surface area (Å²) < 4.78 is 31.6. The topological polar surface area (TPSA) is 99.4 Å². The Kier molecular flexibility index (Phi) is 7.29. The molecule has 7 nitrogen and oxygen atoms in total. The molecule has 0 amide bonds. The summed E-state index contributed by atoms with van der Waals surface area (Å²) in [4.78, 5) is 7.42. The minimum Gasteiger partial charge on any atom is -0.399 e. The van der Waals surface area contributed by atoms with Gasteiger partial charge in [0.1, 0.15) is 7.11 Å². The lowest BCUT2D eigenvalue weighted by atomic mass is 9.77. The zero-order chi connectivity index (χ0) is 19.5. The highest BCUT2D eigenvalue weighted by Crippen LogP contribution is 2.46. The third kappa shape index (κ3) is 5.55. The first-order valence-corrected chi connectivity index (χ1v) is 10.2. The third-order valence-corrected chi connectivity index (χ3v) is 5.78. The molecule has 2 saturated heterocycles. The zero-order valence-corrected chi connectivity index (χ0v) is 16.7. The standard InChI is InChI=1S/C16H20Cl2N2O.H2O4S/c1-20-11-4-6-16(20)13(9-19-21-2)12(8-11)10-3-5-14(17)15(18)7-10;1-5(2,3)4/h3,5,7,9,11-13,16H,4,6,8H2,1-2H3;(H2,1,2,3,4)/b19-9+;. The average Bonchev–Trinajstić information content (AvgIpc) is 2.78.